The third kappa shape index (κ3) is 2.52. The van der Waals surface area contributed by atoms with Gasteiger partial charge >= 0.3 is 0 Å². The fourth-order valence-electron chi connectivity index (χ4n) is 3.59. The van der Waals surface area contributed by atoms with Crippen molar-refractivity contribution in [2.45, 2.75) is 18.9 Å². The van der Waals surface area contributed by atoms with Crippen LogP contribution in [0.3, 0.4) is 0 Å². The Morgan fingerprint density at radius 1 is 1.25 bits per heavy atom. The summed E-state index contributed by atoms with van der Waals surface area (Å²) in [6.07, 6.45) is 4.48. The van der Waals surface area contributed by atoms with Crippen molar-refractivity contribution in [3.05, 3.63) is 47.8 Å². The molecule has 2 aromatic rings. The summed E-state index contributed by atoms with van der Waals surface area (Å²) in [6.45, 7) is 5.00. The number of hydrogen-bond donors (Lipinski definition) is 0. The Labute approximate surface area is 141 Å². The van der Waals surface area contributed by atoms with Gasteiger partial charge in [-0.15, -0.1) is 0 Å². The second kappa shape index (κ2) is 6.03. The molecule has 1 spiro atoms. The zero-order valence-electron chi connectivity index (χ0n) is 13.8. The van der Waals surface area contributed by atoms with Crippen molar-refractivity contribution in [2.75, 3.05) is 33.0 Å². The molecule has 2 fully saturated rings. The average Bonchev–Trinajstić information content (AvgIpc) is 3.27. The molecule has 1 aromatic heterocycles. The van der Waals surface area contributed by atoms with E-state index >= 15 is 0 Å². The number of morpholine rings is 1. The van der Waals surface area contributed by atoms with Crippen LogP contribution in [-0.4, -0.2) is 59.1 Å². The number of rotatable bonds is 2. The lowest BCUT2D eigenvalue weighted by molar-refractivity contribution is -0.0551. The van der Waals surface area contributed by atoms with Gasteiger partial charge in [-0.1, -0.05) is 0 Å². The van der Waals surface area contributed by atoms with Crippen LogP contribution in [0.4, 0.5) is 0 Å². The lowest BCUT2D eigenvalue weighted by atomic mass is 9.94. The van der Waals surface area contributed by atoms with Crippen LogP contribution in [0, 0.1) is 6.92 Å². The monoisotopic (exact) mass is 327 g/mol. The van der Waals surface area contributed by atoms with Gasteiger partial charge in [-0.05, 0) is 43.2 Å². The number of aromatic nitrogens is 2. The van der Waals surface area contributed by atoms with Gasteiger partial charge < -0.3 is 14.4 Å². The first-order valence-corrected chi connectivity index (χ1v) is 8.28. The Balaban J connectivity index is 1.63. The average molecular weight is 327 g/mol. The van der Waals surface area contributed by atoms with Crippen molar-refractivity contribution in [2.24, 2.45) is 0 Å². The summed E-state index contributed by atoms with van der Waals surface area (Å²) < 4.78 is 13.0. The maximum atomic E-state index is 13.1. The predicted octanol–water partition coefficient (Wildman–Crippen LogP) is 1.81. The van der Waals surface area contributed by atoms with Crippen molar-refractivity contribution >= 4 is 5.91 Å². The Kier molecular flexibility index (Phi) is 3.86. The minimum absolute atomic E-state index is 0.0546. The number of ether oxygens (including phenoxy) is 2. The summed E-state index contributed by atoms with van der Waals surface area (Å²) in [5.74, 6) is 0.0546. The normalized spacial score (nSPS) is 23.8. The van der Waals surface area contributed by atoms with Crippen LogP contribution in [0.25, 0.3) is 5.69 Å². The van der Waals surface area contributed by atoms with Crippen LogP contribution in [0.15, 0.2) is 36.7 Å². The van der Waals surface area contributed by atoms with Crippen molar-refractivity contribution in [3.63, 3.8) is 0 Å². The van der Waals surface area contributed by atoms with Crippen molar-refractivity contribution < 1.29 is 14.3 Å². The van der Waals surface area contributed by atoms with E-state index in [4.69, 9.17) is 9.47 Å². The van der Waals surface area contributed by atoms with Crippen LogP contribution < -0.4 is 0 Å². The van der Waals surface area contributed by atoms with Crippen LogP contribution in [0.5, 0.6) is 0 Å². The van der Waals surface area contributed by atoms with Crippen LogP contribution in [0.1, 0.15) is 22.3 Å². The van der Waals surface area contributed by atoms with Crippen molar-refractivity contribution in [1.82, 2.24) is 14.7 Å². The highest BCUT2D eigenvalue weighted by atomic mass is 16.5. The SMILES string of the molecule is Cc1cc(C(=O)N2CCOC[C@@]23CCOC3)ccc1-n1cccn1. The topological polar surface area (TPSA) is 56.6 Å². The van der Waals surface area contributed by atoms with Crippen molar-refractivity contribution in [3.8, 4) is 5.69 Å². The number of carbonyl (C=O) groups excluding carboxylic acids is 1. The van der Waals surface area contributed by atoms with Gasteiger partial charge in [-0.2, -0.15) is 5.10 Å². The van der Waals surface area contributed by atoms with E-state index in [1.807, 2.05) is 47.0 Å². The maximum absolute atomic E-state index is 13.1. The molecule has 1 atom stereocenters. The van der Waals surface area contributed by atoms with Gasteiger partial charge in [0.15, 0.2) is 0 Å². The maximum Gasteiger partial charge on any atom is 0.254 e. The lowest BCUT2D eigenvalue weighted by Crippen LogP contribution is -2.59. The molecule has 2 saturated heterocycles. The molecule has 6 nitrogen and oxygen atoms in total. The van der Waals surface area contributed by atoms with Crippen molar-refractivity contribution in [1.29, 1.82) is 0 Å². The summed E-state index contributed by atoms with van der Waals surface area (Å²) in [5.41, 5.74) is 2.41. The van der Waals surface area contributed by atoms with Crippen LogP contribution in [0.2, 0.25) is 0 Å². The minimum Gasteiger partial charge on any atom is -0.379 e. The number of nitrogens with zero attached hydrogens (tertiary/aromatic N) is 3. The van der Waals surface area contributed by atoms with E-state index in [0.29, 0.717) is 38.5 Å². The molecular weight excluding hydrogens is 306 g/mol. The van der Waals surface area contributed by atoms with E-state index in [9.17, 15) is 4.79 Å². The molecule has 1 amide bonds. The summed E-state index contributed by atoms with van der Waals surface area (Å²) >= 11 is 0. The molecule has 0 N–H and O–H groups in total. The summed E-state index contributed by atoms with van der Waals surface area (Å²) in [7, 11) is 0. The third-order valence-corrected chi connectivity index (χ3v) is 4.93. The fraction of sp³-hybridized carbons (Fsp3) is 0.444. The standard InChI is InChI=1S/C18H21N3O3/c1-14-11-15(3-4-16(14)21-7-2-6-19-21)17(22)20-8-10-24-13-18(20)5-9-23-12-18/h2-4,6-7,11H,5,8-10,12-13H2,1H3/t18-/m0/s1. The molecule has 6 heteroatoms. The predicted molar refractivity (Wildman–Crippen MR) is 88.3 cm³/mol. The van der Waals surface area contributed by atoms with Gasteiger partial charge in [0.25, 0.3) is 5.91 Å². The van der Waals surface area contributed by atoms with E-state index in [0.717, 1.165) is 17.7 Å². The molecule has 0 aliphatic carbocycles. The Bertz CT molecular complexity index is 736. The quantitative estimate of drug-likeness (QED) is 0.844. The Hall–Kier alpha value is -2.18. The molecular formula is C18H21N3O3. The smallest absolute Gasteiger partial charge is 0.254 e. The van der Waals surface area contributed by atoms with Gasteiger partial charge in [0.05, 0.1) is 31.0 Å². The van der Waals surface area contributed by atoms with Gasteiger partial charge in [-0.25, -0.2) is 4.68 Å². The molecule has 0 bridgehead atoms. The Morgan fingerprint density at radius 3 is 2.79 bits per heavy atom. The highest BCUT2D eigenvalue weighted by Gasteiger charge is 2.45. The molecule has 126 valence electrons. The van der Waals surface area contributed by atoms with Gasteiger partial charge in [0.2, 0.25) is 0 Å². The number of carbonyl (C=O) groups is 1. The molecule has 0 saturated carbocycles. The third-order valence-electron chi connectivity index (χ3n) is 4.93. The Morgan fingerprint density at radius 2 is 2.08 bits per heavy atom. The summed E-state index contributed by atoms with van der Waals surface area (Å²) in [4.78, 5) is 15.1. The summed E-state index contributed by atoms with van der Waals surface area (Å²) in [5, 5.41) is 4.26. The zero-order valence-corrected chi connectivity index (χ0v) is 13.8. The summed E-state index contributed by atoms with van der Waals surface area (Å²) in [6, 6.07) is 7.66. The van der Waals surface area contributed by atoms with E-state index in [1.54, 1.807) is 6.20 Å². The number of benzene rings is 1. The molecule has 4 rings (SSSR count). The highest BCUT2D eigenvalue weighted by Crippen LogP contribution is 2.31. The minimum atomic E-state index is -0.302. The number of hydrogen-bond acceptors (Lipinski definition) is 4. The molecule has 0 unspecified atom stereocenters. The molecule has 1 aromatic carbocycles. The van der Waals surface area contributed by atoms with Crippen LogP contribution in [-0.2, 0) is 9.47 Å². The molecule has 2 aliphatic heterocycles. The number of amides is 1. The van der Waals surface area contributed by atoms with E-state index in [1.165, 1.54) is 0 Å². The second-order valence-corrected chi connectivity index (χ2v) is 6.49. The van der Waals surface area contributed by atoms with E-state index in [-0.39, 0.29) is 11.4 Å². The van der Waals surface area contributed by atoms with E-state index < -0.39 is 0 Å². The fourth-order valence-corrected chi connectivity index (χ4v) is 3.59. The lowest BCUT2D eigenvalue weighted by Gasteiger charge is -2.43. The first-order chi connectivity index (χ1) is 11.7. The van der Waals surface area contributed by atoms with Gasteiger partial charge in [0.1, 0.15) is 0 Å². The molecule has 0 radical (unpaired) electrons. The molecule has 2 aliphatic rings. The van der Waals surface area contributed by atoms with Gasteiger partial charge in [0, 0.05) is 31.1 Å². The highest BCUT2D eigenvalue weighted by molar-refractivity contribution is 5.95. The van der Waals surface area contributed by atoms with E-state index in [2.05, 4.69) is 5.10 Å². The largest absolute Gasteiger partial charge is 0.379 e. The van der Waals surface area contributed by atoms with Crippen LogP contribution >= 0.6 is 0 Å². The van der Waals surface area contributed by atoms with Gasteiger partial charge in [-0.3, -0.25) is 4.79 Å². The zero-order chi connectivity index (χ0) is 16.6. The second-order valence-electron chi connectivity index (χ2n) is 6.49. The first-order valence-electron chi connectivity index (χ1n) is 8.28. The molecule has 3 heterocycles. The first kappa shape index (κ1) is 15.4. The number of aryl methyl sites for hydroxylation is 1. The molecule has 24 heavy (non-hydrogen) atoms.